The van der Waals surface area contributed by atoms with Gasteiger partial charge in [0.15, 0.2) is 0 Å². The number of amides is 1. The standard InChI is InChI=1S/C12H22ClNO/c1-9-5-3-6-11(10(9)2)14-12(15)7-4-8-13/h9-11H,3-8H2,1-2H3,(H,14,15). The largest absolute Gasteiger partial charge is 0.353 e. The van der Waals surface area contributed by atoms with E-state index in [0.29, 0.717) is 24.3 Å². The molecule has 1 aliphatic rings. The van der Waals surface area contributed by atoms with E-state index in [4.69, 9.17) is 11.6 Å². The molecular weight excluding hydrogens is 210 g/mol. The lowest BCUT2D eigenvalue weighted by atomic mass is 9.78. The van der Waals surface area contributed by atoms with Gasteiger partial charge in [-0.2, -0.15) is 0 Å². The van der Waals surface area contributed by atoms with Crippen LogP contribution in [0, 0.1) is 11.8 Å². The SMILES string of the molecule is CC1CCCC(NC(=O)CCCCl)C1C. The van der Waals surface area contributed by atoms with E-state index in [1.807, 2.05) is 0 Å². The summed E-state index contributed by atoms with van der Waals surface area (Å²) in [6.45, 7) is 4.53. The van der Waals surface area contributed by atoms with Crippen molar-refractivity contribution in [3.63, 3.8) is 0 Å². The molecule has 0 heterocycles. The maximum atomic E-state index is 11.6. The lowest BCUT2D eigenvalue weighted by molar-refractivity contribution is -0.122. The van der Waals surface area contributed by atoms with E-state index >= 15 is 0 Å². The summed E-state index contributed by atoms with van der Waals surface area (Å²) in [4.78, 5) is 11.6. The summed E-state index contributed by atoms with van der Waals surface area (Å²) >= 11 is 5.56. The summed E-state index contributed by atoms with van der Waals surface area (Å²) in [6.07, 6.45) is 5.03. The van der Waals surface area contributed by atoms with E-state index in [1.165, 1.54) is 12.8 Å². The van der Waals surface area contributed by atoms with E-state index in [9.17, 15) is 4.79 Å². The number of carbonyl (C=O) groups excluding carboxylic acids is 1. The molecule has 0 saturated heterocycles. The molecule has 3 unspecified atom stereocenters. The third-order valence-corrected chi connectivity index (χ3v) is 3.86. The van der Waals surface area contributed by atoms with Crippen LogP contribution in [0.5, 0.6) is 0 Å². The molecule has 1 saturated carbocycles. The lowest BCUT2D eigenvalue weighted by Crippen LogP contribution is -2.43. The highest BCUT2D eigenvalue weighted by Gasteiger charge is 2.27. The third kappa shape index (κ3) is 4.02. The first-order valence-electron chi connectivity index (χ1n) is 6.00. The predicted molar refractivity (Wildman–Crippen MR) is 64.1 cm³/mol. The highest BCUT2D eigenvalue weighted by atomic mass is 35.5. The number of carbonyl (C=O) groups is 1. The normalized spacial score (nSPS) is 31.3. The zero-order valence-corrected chi connectivity index (χ0v) is 10.5. The van der Waals surface area contributed by atoms with E-state index in [2.05, 4.69) is 19.2 Å². The molecule has 2 nitrogen and oxygen atoms in total. The van der Waals surface area contributed by atoms with Gasteiger partial charge in [-0.3, -0.25) is 4.79 Å². The fourth-order valence-electron chi connectivity index (χ4n) is 2.29. The van der Waals surface area contributed by atoms with Crippen molar-refractivity contribution in [2.75, 3.05) is 5.88 Å². The van der Waals surface area contributed by atoms with E-state index in [-0.39, 0.29) is 5.91 Å². The van der Waals surface area contributed by atoms with Gasteiger partial charge in [-0.25, -0.2) is 0 Å². The second-order valence-corrected chi connectivity index (χ2v) is 5.11. The van der Waals surface area contributed by atoms with Gasteiger partial charge >= 0.3 is 0 Å². The molecule has 3 heteroatoms. The van der Waals surface area contributed by atoms with Gasteiger partial charge in [0.2, 0.25) is 5.91 Å². The first-order chi connectivity index (χ1) is 7.15. The number of rotatable bonds is 4. The topological polar surface area (TPSA) is 29.1 Å². The quantitative estimate of drug-likeness (QED) is 0.741. The molecule has 0 bridgehead atoms. The number of alkyl halides is 1. The van der Waals surface area contributed by atoms with Crippen LogP contribution in [0.15, 0.2) is 0 Å². The van der Waals surface area contributed by atoms with Crippen molar-refractivity contribution in [1.82, 2.24) is 5.32 Å². The minimum Gasteiger partial charge on any atom is -0.353 e. The van der Waals surface area contributed by atoms with Crippen LogP contribution in [0.2, 0.25) is 0 Å². The van der Waals surface area contributed by atoms with Gasteiger partial charge in [-0.1, -0.05) is 26.7 Å². The first-order valence-corrected chi connectivity index (χ1v) is 6.54. The van der Waals surface area contributed by atoms with Gasteiger partial charge in [0.25, 0.3) is 0 Å². The Balaban J connectivity index is 2.33. The molecule has 1 aliphatic carbocycles. The van der Waals surface area contributed by atoms with Gasteiger partial charge in [0.1, 0.15) is 0 Å². The minimum absolute atomic E-state index is 0.168. The highest BCUT2D eigenvalue weighted by molar-refractivity contribution is 6.17. The van der Waals surface area contributed by atoms with Gasteiger partial charge in [0.05, 0.1) is 0 Å². The molecular formula is C12H22ClNO. The fraction of sp³-hybridized carbons (Fsp3) is 0.917. The average molecular weight is 232 g/mol. The average Bonchev–Trinajstić information content (AvgIpc) is 2.22. The maximum absolute atomic E-state index is 11.6. The Bertz CT molecular complexity index is 208. The Morgan fingerprint density at radius 2 is 2.13 bits per heavy atom. The molecule has 3 atom stereocenters. The van der Waals surface area contributed by atoms with Crippen molar-refractivity contribution >= 4 is 17.5 Å². The second-order valence-electron chi connectivity index (χ2n) is 4.73. The monoisotopic (exact) mass is 231 g/mol. The molecule has 88 valence electrons. The van der Waals surface area contributed by atoms with Crippen LogP contribution in [-0.2, 0) is 4.79 Å². The highest BCUT2D eigenvalue weighted by Crippen LogP contribution is 2.29. The third-order valence-electron chi connectivity index (χ3n) is 3.59. The van der Waals surface area contributed by atoms with Crippen LogP contribution in [0.25, 0.3) is 0 Å². The second kappa shape index (κ2) is 6.37. The molecule has 0 aromatic rings. The van der Waals surface area contributed by atoms with Gasteiger partial charge in [-0.15, -0.1) is 11.6 Å². The van der Waals surface area contributed by atoms with Crippen LogP contribution in [0.4, 0.5) is 0 Å². The lowest BCUT2D eigenvalue weighted by Gasteiger charge is -2.34. The van der Waals surface area contributed by atoms with Crippen LogP contribution in [-0.4, -0.2) is 17.8 Å². The molecule has 0 spiro atoms. The summed E-state index contributed by atoms with van der Waals surface area (Å²) in [7, 11) is 0. The van der Waals surface area contributed by atoms with Crippen molar-refractivity contribution in [2.45, 2.75) is 52.0 Å². The Morgan fingerprint density at radius 3 is 2.80 bits per heavy atom. The molecule has 0 aliphatic heterocycles. The number of halogens is 1. The smallest absolute Gasteiger partial charge is 0.220 e. The van der Waals surface area contributed by atoms with Crippen molar-refractivity contribution in [3.05, 3.63) is 0 Å². The molecule has 1 N–H and O–H groups in total. The Kier molecular flexibility index (Phi) is 5.44. The van der Waals surface area contributed by atoms with Crippen LogP contribution in [0.3, 0.4) is 0 Å². The van der Waals surface area contributed by atoms with Crippen molar-refractivity contribution in [2.24, 2.45) is 11.8 Å². The molecule has 1 amide bonds. The van der Waals surface area contributed by atoms with E-state index in [0.717, 1.165) is 18.8 Å². The minimum atomic E-state index is 0.168. The molecule has 0 aromatic carbocycles. The van der Waals surface area contributed by atoms with Gasteiger partial charge in [0, 0.05) is 18.3 Å². The molecule has 15 heavy (non-hydrogen) atoms. The maximum Gasteiger partial charge on any atom is 0.220 e. The molecule has 0 radical (unpaired) electrons. The Labute approximate surface area is 97.8 Å². The van der Waals surface area contributed by atoms with Gasteiger partial charge in [-0.05, 0) is 24.7 Å². The van der Waals surface area contributed by atoms with Crippen molar-refractivity contribution in [1.29, 1.82) is 0 Å². The zero-order chi connectivity index (χ0) is 11.3. The summed E-state index contributed by atoms with van der Waals surface area (Å²) in [5, 5.41) is 3.14. The van der Waals surface area contributed by atoms with Crippen molar-refractivity contribution < 1.29 is 4.79 Å². The van der Waals surface area contributed by atoms with E-state index in [1.54, 1.807) is 0 Å². The molecule has 1 rings (SSSR count). The summed E-state index contributed by atoms with van der Waals surface area (Å²) in [5.41, 5.74) is 0. The molecule has 0 aromatic heterocycles. The predicted octanol–water partition coefficient (Wildman–Crippen LogP) is 2.95. The number of hydrogen-bond donors (Lipinski definition) is 1. The first kappa shape index (κ1) is 12.8. The number of hydrogen-bond acceptors (Lipinski definition) is 1. The van der Waals surface area contributed by atoms with Gasteiger partial charge < -0.3 is 5.32 Å². The van der Waals surface area contributed by atoms with Crippen molar-refractivity contribution in [3.8, 4) is 0 Å². The van der Waals surface area contributed by atoms with Crippen LogP contribution < -0.4 is 5.32 Å². The van der Waals surface area contributed by atoms with Crippen LogP contribution in [0.1, 0.15) is 46.0 Å². The Morgan fingerprint density at radius 1 is 1.40 bits per heavy atom. The number of nitrogens with one attached hydrogen (secondary N) is 1. The summed E-state index contributed by atoms with van der Waals surface area (Å²) in [6, 6.07) is 0.386. The molecule has 1 fully saturated rings. The summed E-state index contributed by atoms with van der Waals surface area (Å²) in [5.74, 6) is 2.08. The summed E-state index contributed by atoms with van der Waals surface area (Å²) < 4.78 is 0. The van der Waals surface area contributed by atoms with E-state index < -0.39 is 0 Å². The van der Waals surface area contributed by atoms with Crippen LogP contribution >= 0.6 is 11.6 Å². The zero-order valence-electron chi connectivity index (χ0n) is 9.76. The fourth-order valence-corrected chi connectivity index (χ4v) is 2.43. The Hall–Kier alpha value is -0.240.